The van der Waals surface area contributed by atoms with E-state index in [4.69, 9.17) is 19.5 Å². The highest BCUT2D eigenvalue weighted by atomic mass is 16.5. The van der Waals surface area contributed by atoms with Crippen LogP contribution < -0.4 is 15.4 Å². The lowest BCUT2D eigenvalue weighted by Gasteiger charge is -2.12. The van der Waals surface area contributed by atoms with Gasteiger partial charge in [-0.2, -0.15) is 0 Å². The molecule has 31 heavy (non-hydrogen) atoms. The molecule has 0 aliphatic rings. The van der Waals surface area contributed by atoms with Gasteiger partial charge in [0, 0.05) is 45.1 Å². The van der Waals surface area contributed by atoms with Crippen LogP contribution in [-0.4, -0.2) is 48.8 Å². The number of fused-ring (bicyclic) bond motifs is 1. The minimum Gasteiger partial charge on any atom is -0.497 e. The Morgan fingerprint density at radius 3 is 2.68 bits per heavy atom. The lowest BCUT2D eigenvalue weighted by atomic mass is 10.2. The molecular formula is C24H33N5O2. The molecule has 0 radical (unpaired) electrons. The standard InChI is InChI=1S/C24H33N5O2/c1-4-31-16-6-13-25-24(27-17-20-8-10-22(30-3)11-9-20)26-14-12-21-18-29-15-5-7-19(2)23(29)28-21/h5,7-11,15,18H,4,6,12-14,16-17H2,1-3H3,(H2,25,26,27). The first-order valence-electron chi connectivity index (χ1n) is 10.9. The molecule has 2 heterocycles. The Balaban J connectivity index is 1.56. The summed E-state index contributed by atoms with van der Waals surface area (Å²) in [7, 11) is 1.67. The average Bonchev–Trinajstić information content (AvgIpc) is 3.21. The largest absolute Gasteiger partial charge is 0.497 e. The van der Waals surface area contributed by atoms with E-state index < -0.39 is 0 Å². The second kappa shape index (κ2) is 12.0. The Morgan fingerprint density at radius 2 is 1.94 bits per heavy atom. The lowest BCUT2D eigenvalue weighted by molar-refractivity contribution is 0.145. The maximum Gasteiger partial charge on any atom is 0.191 e. The monoisotopic (exact) mass is 423 g/mol. The Morgan fingerprint density at radius 1 is 1.13 bits per heavy atom. The van der Waals surface area contributed by atoms with Gasteiger partial charge in [0.1, 0.15) is 11.4 Å². The Labute approximate surface area is 184 Å². The number of imidazole rings is 1. The molecule has 0 saturated carbocycles. The summed E-state index contributed by atoms with van der Waals surface area (Å²) in [6.45, 7) is 7.74. The number of hydrogen-bond donors (Lipinski definition) is 2. The predicted molar refractivity (Wildman–Crippen MR) is 125 cm³/mol. The van der Waals surface area contributed by atoms with Crippen molar-refractivity contribution in [3.05, 3.63) is 65.6 Å². The van der Waals surface area contributed by atoms with Crippen molar-refractivity contribution in [1.29, 1.82) is 0 Å². The third-order valence-electron chi connectivity index (χ3n) is 4.94. The highest BCUT2D eigenvalue weighted by Gasteiger charge is 2.05. The lowest BCUT2D eigenvalue weighted by Crippen LogP contribution is -2.39. The minimum atomic E-state index is 0.596. The van der Waals surface area contributed by atoms with Crippen molar-refractivity contribution < 1.29 is 9.47 Å². The van der Waals surface area contributed by atoms with Crippen molar-refractivity contribution >= 4 is 11.6 Å². The number of ether oxygens (including phenoxy) is 2. The molecule has 2 N–H and O–H groups in total. The molecule has 7 heteroatoms. The fourth-order valence-electron chi connectivity index (χ4n) is 3.23. The molecular weight excluding hydrogens is 390 g/mol. The van der Waals surface area contributed by atoms with Gasteiger partial charge in [0.05, 0.1) is 19.3 Å². The molecule has 0 saturated heterocycles. The number of pyridine rings is 1. The van der Waals surface area contributed by atoms with Gasteiger partial charge in [0.25, 0.3) is 0 Å². The van der Waals surface area contributed by atoms with Crippen LogP contribution in [0.15, 0.2) is 53.8 Å². The number of aliphatic imine (C=N–C) groups is 1. The zero-order valence-corrected chi connectivity index (χ0v) is 18.7. The molecule has 3 aromatic rings. The first-order valence-corrected chi connectivity index (χ1v) is 10.9. The number of nitrogens with zero attached hydrogens (tertiary/aromatic N) is 3. The molecule has 0 aliphatic heterocycles. The Hall–Kier alpha value is -3.06. The summed E-state index contributed by atoms with van der Waals surface area (Å²) in [5.74, 6) is 1.65. The van der Waals surface area contributed by atoms with Gasteiger partial charge in [0.15, 0.2) is 5.96 Å². The third-order valence-corrected chi connectivity index (χ3v) is 4.94. The van der Waals surface area contributed by atoms with Gasteiger partial charge in [-0.25, -0.2) is 9.98 Å². The van der Waals surface area contributed by atoms with E-state index in [0.717, 1.165) is 67.8 Å². The molecule has 0 unspecified atom stereocenters. The van der Waals surface area contributed by atoms with Crippen LogP contribution in [0.4, 0.5) is 0 Å². The smallest absolute Gasteiger partial charge is 0.191 e. The molecule has 7 nitrogen and oxygen atoms in total. The average molecular weight is 424 g/mol. The summed E-state index contributed by atoms with van der Waals surface area (Å²) < 4.78 is 12.7. The fraction of sp³-hybridized carbons (Fsp3) is 0.417. The molecule has 2 aromatic heterocycles. The van der Waals surface area contributed by atoms with Gasteiger partial charge in [0.2, 0.25) is 0 Å². The van der Waals surface area contributed by atoms with Crippen LogP contribution in [0.5, 0.6) is 5.75 Å². The van der Waals surface area contributed by atoms with Gasteiger partial charge >= 0.3 is 0 Å². The van der Waals surface area contributed by atoms with Crippen LogP contribution >= 0.6 is 0 Å². The van der Waals surface area contributed by atoms with E-state index in [1.165, 1.54) is 5.56 Å². The molecule has 166 valence electrons. The highest BCUT2D eigenvalue weighted by molar-refractivity contribution is 5.79. The van der Waals surface area contributed by atoms with E-state index in [-0.39, 0.29) is 0 Å². The van der Waals surface area contributed by atoms with E-state index in [1.807, 2.05) is 43.5 Å². The third kappa shape index (κ3) is 7.00. The molecule has 0 spiro atoms. The number of hydrogen-bond acceptors (Lipinski definition) is 4. The van der Waals surface area contributed by atoms with Crippen LogP contribution in [0.2, 0.25) is 0 Å². The number of methoxy groups -OCH3 is 1. The van der Waals surface area contributed by atoms with Crippen LogP contribution in [0.3, 0.4) is 0 Å². The van der Waals surface area contributed by atoms with Crippen molar-refractivity contribution in [1.82, 2.24) is 20.0 Å². The van der Waals surface area contributed by atoms with Crippen molar-refractivity contribution in [2.75, 3.05) is 33.4 Å². The Kier molecular flexibility index (Phi) is 8.72. The summed E-state index contributed by atoms with van der Waals surface area (Å²) in [5.41, 5.74) is 4.39. The maximum absolute atomic E-state index is 5.42. The van der Waals surface area contributed by atoms with Crippen LogP contribution in [0.25, 0.3) is 5.65 Å². The van der Waals surface area contributed by atoms with Gasteiger partial charge < -0.3 is 24.5 Å². The molecule has 0 amide bonds. The van der Waals surface area contributed by atoms with E-state index in [0.29, 0.717) is 6.54 Å². The van der Waals surface area contributed by atoms with Crippen molar-refractivity contribution in [2.45, 2.75) is 33.2 Å². The predicted octanol–water partition coefficient (Wildman–Crippen LogP) is 3.36. The number of benzene rings is 1. The van der Waals surface area contributed by atoms with E-state index in [9.17, 15) is 0 Å². The molecule has 0 atom stereocenters. The Bertz CT molecular complexity index is 966. The number of nitrogens with one attached hydrogen (secondary N) is 2. The van der Waals surface area contributed by atoms with Gasteiger partial charge in [-0.3, -0.25) is 0 Å². The fourth-order valence-corrected chi connectivity index (χ4v) is 3.23. The normalized spacial score (nSPS) is 11.6. The summed E-state index contributed by atoms with van der Waals surface area (Å²) in [4.78, 5) is 9.49. The first kappa shape index (κ1) is 22.6. The van der Waals surface area contributed by atoms with Gasteiger partial charge in [-0.05, 0) is 49.6 Å². The summed E-state index contributed by atoms with van der Waals surface area (Å²) in [6.07, 6.45) is 5.88. The zero-order valence-electron chi connectivity index (χ0n) is 18.7. The molecule has 0 aliphatic carbocycles. The molecule has 0 bridgehead atoms. The highest BCUT2D eigenvalue weighted by Crippen LogP contribution is 2.12. The minimum absolute atomic E-state index is 0.596. The summed E-state index contributed by atoms with van der Waals surface area (Å²) in [6, 6.07) is 12.1. The van der Waals surface area contributed by atoms with E-state index in [1.54, 1.807) is 7.11 Å². The summed E-state index contributed by atoms with van der Waals surface area (Å²) in [5, 5.41) is 6.84. The number of guanidine groups is 1. The molecule has 0 fully saturated rings. The van der Waals surface area contributed by atoms with Crippen LogP contribution in [0, 0.1) is 6.92 Å². The second-order valence-corrected chi connectivity index (χ2v) is 7.32. The number of aryl methyl sites for hydroxylation is 1. The van der Waals surface area contributed by atoms with Crippen LogP contribution in [0.1, 0.15) is 30.2 Å². The van der Waals surface area contributed by atoms with Gasteiger partial charge in [-0.15, -0.1) is 0 Å². The second-order valence-electron chi connectivity index (χ2n) is 7.32. The van der Waals surface area contributed by atoms with Gasteiger partial charge in [-0.1, -0.05) is 18.2 Å². The quantitative estimate of drug-likeness (QED) is 0.281. The maximum atomic E-state index is 5.42. The van der Waals surface area contributed by atoms with E-state index in [2.05, 4.69) is 34.2 Å². The molecule has 3 rings (SSSR count). The summed E-state index contributed by atoms with van der Waals surface area (Å²) >= 11 is 0. The molecule has 1 aromatic carbocycles. The van der Waals surface area contributed by atoms with E-state index >= 15 is 0 Å². The SMILES string of the molecule is CCOCCCNC(=NCc1ccc(OC)cc1)NCCc1cn2cccc(C)c2n1. The van der Waals surface area contributed by atoms with Crippen LogP contribution in [-0.2, 0) is 17.7 Å². The van der Waals surface area contributed by atoms with Crippen molar-refractivity contribution in [3.63, 3.8) is 0 Å². The topological polar surface area (TPSA) is 72.2 Å². The zero-order chi connectivity index (χ0) is 21.9. The number of rotatable bonds is 11. The first-order chi connectivity index (χ1) is 15.2. The number of aromatic nitrogens is 2. The van der Waals surface area contributed by atoms with Crippen molar-refractivity contribution in [2.24, 2.45) is 4.99 Å². The van der Waals surface area contributed by atoms with Crippen molar-refractivity contribution in [3.8, 4) is 5.75 Å².